The summed E-state index contributed by atoms with van der Waals surface area (Å²) >= 11 is 0. The van der Waals surface area contributed by atoms with E-state index < -0.39 is 6.29 Å². The molecule has 21 heavy (non-hydrogen) atoms. The largest absolute Gasteiger partial charge is 0.463 e. The molecule has 122 valence electrons. The molecule has 0 aromatic heterocycles. The average Bonchev–Trinajstić information content (AvgIpc) is 2.41. The quantitative estimate of drug-likeness (QED) is 0.674. The number of hydrogen-bond donors (Lipinski definition) is 2. The van der Waals surface area contributed by atoms with Crippen molar-refractivity contribution in [2.45, 2.75) is 46.1 Å². The molecule has 0 aliphatic carbocycles. The Balaban J connectivity index is 2.77. The van der Waals surface area contributed by atoms with Gasteiger partial charge in [-0.25, -0.2) is 0 Å². The molecule has 0 bridgehead atoms. The van der Waals surface area contributed by atoms with Crippen LogP contribution < -0.4 is 5.32 Å². The van der Waals surface area contributed by atoms with Gasteiger partial charge in [-0.05, 0) is 11.8 Å². The number of carbonyl (C=O) groups excluding carboxylic acids is 2. The molecule has 1 aliphatic heterocycles. The molecule has 5 atom stereocenters. The highest BCUT2D eigenvalue weighted by molar-refractivity contribution is 5.73. The average molecular weight is 303 g/mol. The number of nitrogens with one attached hydrogen (secondary N) is 1. The van der Waals surface area contributed by atoms with Crippen LogP contribution in [0.25, 0.3) is 0 Å². The third kappa shape index (κ3) is 5.26. The van der Waals surface area contributed by atoms with Crippen molar-refractivity contribution in [1.82, 2.24) is 5.32 Å². The maximum Gasteiger partial charge on any atom is 0.302 e. The zero-order chi connectivity index (χ0) is 16.0. The number of hydrogen-bond acceptors (Lipinski definition) is 6. The third-order valence-electron chi connectivity index (χ3n) is 3.78. The van der Waals surface area contributed by atoms with Crippen LogP contribution in [-0.2, 0) is 23.8 Å². The molecule has 0 aromatic rings. The molecule has 7 heteroatoms. The number of amides is 1. The first-order chi connectivity index (χ1) is 9.86. The Morgan fingerprint density at radius 3 is 2.43 bits per heavy atom. The number of aliphatic hydroxyl groups is 1. The fourth-order valence-electron chi connectivity index (χ4n) is 2.43. The van der Waals surface area contributed by atoms with Gasteiger partial charge in [-0.2, -0.15) is 0 Å². The Bertz CT molecular complexity index is 359. The molecule has 1 heterocycles. The van der Waals surface area contributed by atoms with Gasteiger partial charge < -0.3 is 24.6 Å². The Kier molecular flexibility index (Phi) is 7.07. The number of carbonyl (C=O) groups is 2. The van der Waals surface area contributed by atoms with Gasteiger partial charge in [0.1, 0.15) is 6.61 Å². The van der Waals surface area contributed by atoms with Crippen molar-refractivity contribution in [3.63, 3.8) is 0 Å². The van der Waals surface area contributed by atoms with Crippen LogP contribution in [0.15, 0.2) is 0 Å². The number of rotatable bonds is 6. The Labute approximate surface area is 124 Å². The summed E-state index contributed by atoms with van der Waals surface area (Å²) in [4.78, 5) is 22.3. The van der Waals surface area contributed by atoms with Crippen molar-refractivity contribution < 1.29 is 28.9 Å². The zero-order valence-electron chi connectivity index (χ0n) is 13.0. The second kappa shape index (κ2) is 8.31. The van der Waals surface area contributed by atoms with E-state index in [1.165, 1.54) is 13.8 Å². The minimum absolute atomic E-state index is 0.0758. The summed E-state index contributed by atoms with van der Waals surface area (Å²) in [5, 5.41) is 11.7. The summed E-state index contributed by atoms with van der Waals surface area (Å²) in [6.45, 7) is 6.88. The van der Waals surface area contributed by atoms with Crippen molar-refractivity contribution in [3.05, 3.63) is 0 Å². The van der Waals surface area contributed by atoms with Gasteiger partial charge in [-0.15, -0.1) is 0 Å². The van der Waals surface area contributed by atoms with Crippen LogP contribution in [0.3, 0.4) is 0 Å². The summed E-state index contributed by atoms with van der Waals surface area (Å²) in [6.07, 6.45) is -0.981. The van der Waals surface area contributed by atoms with Crippen LogP contribution in [0.5, 0.6) is 0 Å². The summed E-state index contributed by atoms with van der Waals surface area (Å²) in [5.74, 6) is -0.379. The van der Waals surface area contributed by atoms with E-state index in [1.807, 2.05) is 13.8 Å². The molecular weight excluding hydrogens is 278 g/mol. The molecule has 0 aromatic carbocycles. The molecule has 0 radical (unpaired) electrons. The molecule has 1 rings (SSSR count). The van der Waals surface area contributed by atoms with Gasteiger partial charge in [-0.3, -0.25) is 9.59 Å². The van der Waals surface area contributed by atoms with E-state index in [9.17, 15) is 9.59 Å². The third-order valence-corrected chi connectivity index (χ3v) is 3.78. The van der Waals surface area contributed by atoms with Gasteiger partial charge in [0.15, 0.2) is 6.29 Å². The van der Waals surface area contributed by atoms with Gasteiger partial charge in [0, 0.05) is 13.8 Å². The van der Waals surface area contributed by atoms with Gasteiger partial charge in [0.2, 0.25) is 5.91 Å². The molecule has 7 nitrogen and oxygen atoms in total. The highest BCUT2D eigenvalue weighted by Gasteiger charge is 2.42. The summed E-state index contributed by atoms with van der Waals surface area (Å²) in [7, 11) is 0. The zero-order valence-corrected chi connectivity index (χ0v) is 13.0. The molecular formula is C14H25NO6. The first-order valence-electron chi connectivity index (χ1n) is 7.15. The van der Waals surface area contributed by atoms with Crippen molar-refractivity contribution >= 4 is 11.9 Å². The highest BCUT2D eigenvalue weighted by Crippen LogP contribution is 2.31. The van der Waals surface area contributed by atoms with E-state index in [0.29, 0.717) is 0 Å². The maximum absolute atomic E-state index is 11.3. The van der Waals surface area contributed by atoms with Crippen molar-refractivity contribution in [1.29, 1.82) is 0 Å². The van der Waals surface area contributed by atoms with Gasteiger partial charge in [0.05, 0.1) is 25.4 Å². The predicted molar refractivity (Wildman–Crippen MR) is 74.3 cm³/mol. The highest BCUT2D eigenvalue weighted by atomic mass is 16.7. The van der Waals surface area contributed by atoms with Crippen molar-refractivity contribution in [3.8, 4) is 0 Å². The molecule has 2 N–H and O–H groups in total. The number of ether oxygens (including phenoxy) is 3. The Morgan fingerprint density at radius 2 is 1.90 bits per heavy atom. The van der Waals surface area contributed by atoms with Crippen LogP contribution in [-0.4, -0.2) is 55.2 Å². The van der Waals surface area contributed by atoms with Crippen LogP contribution in [0.4, 0.5) is 0 Å². The van der Waals surface area contributed by atoms with E-state index >= 15 is 0 Å². The Hall–Kier alpha value is -1.18. The number of aliphatic hydroxyl groups excluding tert-OH is 1. The van der Waals surface area contributed by atoms with Crippen LogP contribution in [0.2, 0.25) is 0 Å². The maximum atomic E-state index is 11.3. The fourth-order valence-corrected chi connectivity index (χ4v) is 2.43. The van der Waals surface area contributed by atoms with Crippen LogP contribution >= 0.6 is 0 Å². The lowest BCUT2D eigenvalue weighted by Gasteiger charge is -2.44. The smallest absolute Gasteiger partial charge is 0.302 e. The second-order valence-electron chi connectivity index (χ2n) is 5.38. The van der Waals surface area contributed by atoms with Gasteiger partial charge >= 0.3 is 5.97 Å². The van der Waals surface area contributed by atoms with Crippen LogP contribution in [0.1, 0.15) is 27.7 Å². The lowest BCUT2D eigenvalue weighted by Crippen LogP contribution is -2.58. The minimum atomic E-state index is -0.673. The standard InChI is InChI=1S/C14H25NO6/c1-8-9(2)13(15-10(3)17)14(19-6-5-16)21-12(8)7-20-11(4)18/h8-9,12-14,16H,5-7H2,1-4H3,(H,15,17)/t8-,9+,12-,13-,14-/m1/s1. The number of esters is 1. The first-order valence-corrected chi connectivity index (χ1v) is 7.15. The van der Waals surface area contributed by atoms with Crippen molar-refractivity contribution in [2.75, 3.05) is 19.8 Å². The van der Waals surface area contributed by atoms with E-state index in [1.54, 1.807) is 0 Å². The summed E-state index contributed by atoms with van der Waals surface area (Å²) in [6, 6.07) is -0.308. The van der Waals surface area contributed by atoms with Gasteiger partial charge in [-0.1, -0.05) is 13.8 Å². The lowest BCUT2D eigenvalue weighted by molar-refractivity contribution is -0.245. The molecule has 0 saturated carbocycles. The van der Waals surface area contributed by atoms with Gasteiger partial charge in [0.25, 0.3) is 0 Å². The van der Waals surface area contributed by atoms with E-state index in [-0.39, 0.29) is 55.7 Å². The normalized spacial score (nSPS) is 32.5. The molecule has 0 unspecified atom stereocenters. The SMILES string of the molecule is CC(=O)N[C@H]1[C@H](OCCO)O[C@H](COC(C)=O)[C@H](C)[C@@H]1C. The molecule has 1 saturated heterocycles. The topological polar surface area (TPSA) is 94.1 Å². The molecule has 1 fully saturated rings. The minimum Gasteiger partial charge on any atom is -0.463 e. The van der Waals surface area contributed by atoms with E-state index in [4.69, 9.17) is 19.3 Å². The summed E-state index contributed by atoms with van der Waals surface area (Å²) < 4.78 is 16.3. The van der Waals surface area contributed by atoms with Crippen molar-refractivity contribution in [2.24, 2.45) is 11.8 Å². The van der Waals surface area contributed by atoms with E-state index in [0.717, 1.165) is 0 Å². The fraction of sp³-hybridized carbons (Fsp3) is 0.857. The summed E-state index contributed by atoms with van der Waals surface area (Å²) in [5.41, 5.74) is 0. The monoisotopic (exact) mass is 303 g/mol. The predicted octanol–water partition coefficient (Wildman–Crippen LogP) is 0.0602. The molecule has 0 spiro atoms. The molecule has 1 amide bonds. The lowest BCUT2D eigenvalue weighted by atomic mass is 9.82. The Morgan fingerprint density at radius 1 is 1.24 bits per heavy atom. The molecule has 1 aliphatic rings. The second-order valence-corrected chi connectivity index (χ2v) is 5.38. The van der Waals surface area contributed by atoms with E-state index in [2.05, 4.69) is 5.32 Å². The van der Waals surface area contributed by atoms with Crippen LogP contribution in [0, 0.1) is 11.8 Å². The first kappa shape index (κ1) is 17.9.